The molecule has 1 rings (SSSR count). The Kier molecular flexibility index (Phi) is 4.97. The van der Waals surface area contributed by atoms with Gasteiger partial charge < -0.3 is 20.7 Å². The van der Waals surface area contributed by atoms with Crippen LogP contribution in [0.5, 0.6) is 5.75 Å². The molecule has 5 heteroatoms. The summed E-state index contributed by atoms with van der Waals surface area (Å²) in [6.45, 7) is 2.74. The number of carbonyl (C=O) groups excluding carboxylic acids is 1. The summed E-state index contributed by atoms with van der Waals surface area (Å²) in [5.41, 5.74) is 6.72. The number of hydrogen-bond donors (Lipinski definition) is 2. The first kappa shape index (κ1) is 14.3. The number of nitrogen functional groups attached to an aromatic ring is 1. The number of nitrogens with zero attached hydrogens (tertiary/aromatic N) is 1. The predicted molar refractivity (Wildman–Crippen MR) is 72.9 cm³/mol. The number of methoxy groups -OCH3 is 1. The molecule has 18 heavy (non-hydrogen) atoms. The third kappa shape index (κ3) is 3.92. The predicted octanol–water partition coefficient (Wildman–Crippen LogP) is 0.957. The van der Waals surface area contributed by atoms with Crippen LogP contribution in [-0.4, -0.2) is 44.6 Å². The summed E-state index contributed by atoms with van der Waals surface area (Å²) >= 11 is 0. The van der Waals surface area contributed by atoms with E-state index >= 15 is 0 Å². The molecule has 0 radical (unpaired) electrons. The van der Waals surface area contributed by atoms with Crippen molar-refractivity contribution in [1.82, 2.24) is 10.2 Å². The average molecular weight is 251 g/mol. The van der Waals surface area contributed by atoms with Crippen molar-refractivity contribution in [3.63, 3.8) is 0 Å². The lowest BCUT2D eigenvalue weighted by Crippen LogP contribution is -2.39. The van der Waals surface area contributed by atoms with E-state index in [0.717, 1.165) is 6.54 Å². The van der Waals surface area contributed by atoms with Gasteiger partial charge in [-0.3, -0.25) is 4.79 Å². The molecule has 0 fully saturated rings. The van der Waals surface area contributed by atoms with Gasteiger partial charge in [-0.25, -0.2) is 0 Å². The van der Waals surface area contributed by atoms with Gasteiger partial charge in [0.2, 0.25) is 0 Å². The maximum absolute atomic E-state index is 12.1. The highest BCUT2D eigenvalue weighted by molar-refractivity contribution is 5.97. The molecule has 0 aliphatic rings. The van der Waals surface area contributed by atoms with Gasteiger partial charge in [0.25, 0.3) is 5.91 Å². The Labute approximate surface area is 108 Å². The minimum atomic E-state index is -0.152. The topological polar surface area (TPSA) is 67.6 Å². The van der Waals surface area contributed by atoms with Gasteiger partial charge in [-0.05, 0) is 33.2 Å². The van der Waals surface area contributed by atoms with Crippen LogP contribution in [0.1, 0.15) is 17.3 Å². The fourth-order valence-electron chi connectivity index (χ4n) is 1.79. The first-order chi connectivity index (χ1) is 8.43. The molecule has 100 valence electrons. The molecule has 3 N–H and O–H groups in total. The van der Waals surface area contributed by atoms with E-state index in [4.69, 9.17) is 10.5 Å². The summed E-state index contributed by atoms with van der Waals surface area (Å²) in [4.78, 5) is 14.1. The maximum Gasteiger partial charge on any atom is 0.255 e. The number of benzene rings is 1. The van der Waals surface area contributed by atoms with Crippen LogP contribution in [0.15, 0.2) is 18.2 Å². The zero-order valence-electron chi connectivity index (χ0n) is 11.4. The molecule has 1 atom stereocenters. The average Bonchev–Trinajstić information content (AvgIpc) is 2.27. The van der Waals surface area contributed by atoms with E-state index < -0.39 is 0 Å². The largest absolute Gasteiger partial charge is 0.496 e. The summed E-state index contributed by atoms with van der Waals surface area (Å²) in [5.74, 6) is 0.339. The molecule has 1 amide bonds. The molecule has 0 saturated carbocycles. The van der Waals surface area contributed by atoms with E-state index in [0.29, 0.717) is 17.0 Å². The summed E-state index contributed by atoms with van der Waals surface area (Å²) in [6, 6.07) is 5.07. The Hall–Kier alpha value is -1.75. The smallest absolute Gasteiger partial charge is 0.255 e. The lowest BCUT2D eigenvalue weighted by atomic mass is 10.1. The van der Waals surface area contributed by atoms with E-state index in [9.17, 15) is 4.79 Å². The van der Waals surface area contributed by atoms with Crippen LogP contribution in [0, 0.1) is 0 Å². The Balaban J connectivity index is 2.78. The molecule has 0 saturated heterocycles. The third-order valence-corrected chi connectivity index (χ3v) is 2.49. The van der Waals surface area contributed by atoms with Crippen molar-refractivity contribution in [3.05, 3.63) is 23.8 Å². The minimum Gasteiger partial charge on any atom is -0.496 e. The molecule has 1 aromatic carbocycles. The zero-order chi connectivity index (χ0) is 13.7. The van der Waals surface area contributed by atoms with Crippen molar-refractivity contribution in [2.45, 2.75) is 13.0 Å². The molecule has 0 aromatic heterocycles. The number of ether oxygens (including phenoxy) is 1. The number of nitrogens with two attached hydrogens (primary N) is 1. The second-order valence-corrected chi connectivity index (χ2v) is 4.60. The lowest BCUT2D eigenvalue weighted by Gasteiger charge is -2.19. The Morgan fingerprint density at radius 2 is 2.17 bits per heavy atom. The fourth-order valence-corrected chi connectivity index (χ4v) is 1.79. The molecule has 1 unspecified atom stereocenters. The molecule has 0 heterocycles. The monoisotopic (exact) mass is 251 g/mol. The molecule has 5 nitrogen and oxygen atoms in total. The van der Waals surface area contributed by atoms with Gasteiger partial charge in [-0.1, -0.05) is 0 Å². The van der Waals surface area contributed by atoms with Crippen LogP contribution in [0.25, 0.3) is 0 Å². The van der Waals surface area contributed by atoms with Crippen molar-refractivity contribution in [3.8, 4) is 5.75 Å². The van der Waals surface area contributed by atoms with Crippen LogP contribution >= 0.6 is 0 Å². The van der Waals surface area contributed by atoms with Crippen molar-refractivity contribution >= 4 is 11.6 Å². The third-order valence-electron chi connectivity index (χ3n) is 2.49. The van der Waals surface area contributed by atoms with E-state index in [1.54, 1.807) is 18.2 Å². The van der Waals surface area contributed by atoms with Crippen LogP contribution in [0.4, 0.5) is 5.69 Å². The molecule has 0 aliphatic carbocycles. The van der Waals surface area contributed by atoms with Gasteiger partial charge in [-0.2, -0.15) is 0 Å². The van der Waals surface area contributed by atoms with Crippen LogP contribution in [0.2, 0.25) is 0 Å². The van der Waals surface area contributed by atoms with Crippen molar-refractivity contribution in [2.75, 3.05) is 33.5 Å². The van der Waals surface area contributed by atoms with Gasteiger partial charge >= 0.3 is 0 Å². The van der Waals surface area contributed by atoms with Gasteiger partial charge in [0.1, 0.15) is 5.75 Å². The molecule has 0 aliphatic heterocycles. The summed E-state index contributed by atoms with van der Waals surface area (Å²) in [6.07, 6.45) is 0. The van der Waals surface area contributed by atoms with Crippen molar-refractivity contribution < 1.29 is 9.53 Å². The number of likely N-dealkylation sites (N-methyl/N-ethyl adjacent to an activating group) is 1. The quantitative estimate of drug-likeness (QED) is 0.765. The van der Waals surface area contributed by atoms with E-state index in [1.165, 1.54) is 7.11 Å². The standard InChI is InChI=1S/C13H21N3O2/c1-9(8-16(2)3)15-13(17)11-6-5-10(14)7-12(11)18-4/h5-7,9H,8,14H2,1-4H3,(H,15,17). The Morgan fingerprint density at radius 1 is 1.50 bits per heavy atom. The number of amides is 1. The second kappa shape index (κ2) is 6.26. The van der Waals surface area contributed by atoms with Crippen LogP contribution < -0.4 is 15.8 Å². The number of carbonyl (C=O) groups is 1. The molecular formula is C13H21N3O2. The van der Waals surface area contributed by atoms with Gasteiger partial charge in [0, 0.05) is 24.3 Å². The van der Waals surface area contributed by atoms with Gasteiger partial charge in [0.05, 0.1) is 12.7 Å². The SMILES string of the molecule is COc1cc(N)ccc1C(=O)NC(C)CN(C)C. The molecule has 0 bridgehead atoms. The Morgan fingerprint density at radius 3 is 2.72 bits per heavy atom. The van der Waals surface area contributed by atoms with Gasteiger partial charge in [-0.15, -0.1) is 0 Å². The normalized spacial score (nSPS) is 12.3. The summed E-state index contributed by atoms with van der Waals surface area (Å²) < 4.78 is 5.16. The molecule has 0 spiro atoms. The van der Waals surface area contributed by atoms with Crippen molar-refractivity contribution in [1.29, 1.82) is 0 Å². The highest BCUT2D eigenvalue weighted by Crippen LogP contribution is 2.21. The lowest BCUT2D eigenvalue weighted by molar-refractivity contribution is 0.0931. The highest BCUT2D eigenvalue weighted by atomic mass is 16.5. The van der Waals surface area contributed by atoms with Crippen molar-refractivity contribution in [2.24, 2.45) is 0 Å². The number of rotatable bonds is 5. The summed E-state index contributed by atoms with van der Waals surface area (Å²) in [5, 5.41) is 2.92. The first-order valence-corrected chi connectivity index (χ1v) is 5.83. The second-order valence-electron chi connectivity index (χ2n) is 4.60. The van der Waals surface area contributed by atoms with E-state index in [2.05, 4.69) is 5.32 Å². The maximum atomic E-state index is 12.1. The number of anilines is 1. The number of nitrogens with one attached hydrogen (secondary N) is 1. The summed E-state index contributed by atoms with van der Waals surface area (Å²) in [7, 11) is 5.45. The number of hydrogen-bond acceptors (Lipinski definition) is 4. The highest BCUT2D eigenvalue weighted by Gasteiger charge is 2.14. The van der Waals surface area contributed by atoms with E-state index in [1.807, 2.05) is 25.9 Å². The van der Waals surface area contributed by atoms with E-state index in [-0.39, 0.29) is 11.9 Å². The fraction of sp³-hybridized carbons (Fsp3) is 0.462. The molecule has 1 aromatic rings. The van der Waals surface area contributed by atoms with Crippen LogP contribution in [-0.2, 0) is 0 Å². The zero-order valence-corrected chi connectivity index (χ0v) is 11.4. The van der Waals surface area contributed by atoms with Gasteiger partial charge in [0.15, 0.2) is 0 Å². The Bertz CT molecular complexity index is 419. The minimum absolute atomic E-state index is 0.0646. The molecular weight excluding hydrogens is 230 g/mol. The first-order valence-electron chi connectivity index (χ1n) is 5.83. The van der Waals surface area contributed by atoms with Crippen LogP contribution in [0.3, 0.4) is 0 Å².